The quantitative estimate of drug-likeness (QED) is 0.193. The zero-order chi connectivity index (χ0) is 25.7. The van der Waals surface area contributed by atoms with Gasteiger partial charge in [0.1, 0.15) is 12.4 Å². The van der Waals surface area contributed by atoms with E-state index in [0.29, 0.717) is 50.3 Å². The van der Waals surface area contributed by atoms with Crippen LogP contribution in [0, 0.1) is 0 Å². The predicted octanol–water partition coefficient (Wildman–Crippen LogP) is 7.28. The lowest BCUT2D eigenvalue weighted by molar-refractivity contribution is 0.284. The van der Waals surface area contributed by atoms with Gasteiger partial charge in [-0.05, 0) is 36.8 Å². The Labute approximate surface area is 227 Å². The van der Waals surface area contributed by atoms with Crippen molar-refractivity contribution in [3.8, 4) is 11.5 Å². The van der Waals surface area contributed by atoms with Crippen LogP contribution >= 0.6 is 39.1 Å². The van der Waals surface area contributed by atoms with Gasteiger partial charge in [-0.3, -0.25) is 4.79 Å². The molecule has 0 amide bonds. The van der Waals surface area contributed by atoms with Gasteiger partial charge in [0, 0.05) is 38.1 Å². The summed E-state index contributed by atoms with van der Waals surface area (Å²) in [6.07, 6.45) is 3.99. The maximum absolute atomic E-state index is 13.4. The van der Waals surface area contributed by atoms with Crippen LogP contribution < -0.4 is 15.0 Å². The topological polar surface area (TPSA) is 65.7 Å². The van der Waals surface area contributed by atoms with Crippen LogP contribution in [0.1, 0.15) is 36.7 Å². The van der Waals surface area contributed by atoms with E-state index in [1.807, 2.05) is 30.3 Å². The molecule has 0 aliphatic rings. The molecule has 1 aromatic heterocycles. The summed E-state index contributed by atoms with van der Waals surface area (Å²) in [7, 11) is 1.54. The molecular weight excluding hydrogens is 565 g/mol. The van der Waals surface area contributed by atoms with Crippen molar-refractivity contribution in [2.75, 3.05) is 7.11 Å². The van der Waals surface area contributed by atoms with Crippen molar-refractivity contribution in [1.29, 1.82) is 0 Å². The number of aromatic nitrogens is 2. The minimum Gasteiger partial charge on any atom is -0.493 e. The van der Waals surface area contributed by atoms with Gasteiger partial charge in [-0.2, -0.15) is 9.78 Å². The summed E-state index contributed by atoms with van der Waals surface area (Å²) < 4.78 is 13.8. The summed E-state index contributed by atoms with van der Waals surface area (Å²) >= 11 is 16.1. The Hall–Kier alpha value is -2.87. The van der Waals surface area contributed by atoms with E-state index in [9.17, 15) is 4.79 Å². The van der Waals surface area contributed by atoms with Crippen LogP contribution in [0.2, 0.25) is 10.0 Å². The number of nitrogens with zero attached hydrogens (tertiary/aromatic N) is 3. The van der Waals surface area contributed by atoms with Crippen molar-refractivity contribution < 1.29 is 9.47 Å². The fraction of sp³-hybridized carbons (Fsp3) is 0.222. The highest BCUT2D eigenvalue weighted by atomic mass is 79.9. The lowest BCUT2D eigenvalue weighted by atomic mass is 10.2. The van der Waals surface area contributed by atoms with Gasteiger partial charge >= 0.3 is 0 Å². The van der Waals surface area contributed by atoms with Crippen LogP contribution in [0.3, 0.4) is 0 Å². The number of benzene rings is 3. The third-order valence-corrected chi connectivity index (χ3v) is 6.62. The molecule has 0 radical (unpaired) electrons. The van der Waals surface area contributed by atoms with Crippen LogP contribution in [0.4, 0.5) is 0 Å². The first-order valence-corrected chi connectivity index (χ1v) is 13.0. The molecule has 36 heavy (non-hydrogen) atoms. The molecule has 0 aliphatic heterocycles. The van der Waals surface area contributed by atoms with E-state index in [0.717, 1.165) is 22.9 Å². The molecule has 9 heteroatoms. The maximum Gasteiger partial charge on any atom is 0.282 e. The fourth-order valence-corrected chi connectivity index (χ4v) is 4.45. The van der Waals surface area contributed by atoms with Crippen molar-refractivity contribution >= 4 is 56.2 Å². The smallest absolute Gasteiger partial charge is 0.282 e. The summed E-state index contributed by atoms with van der Waals surface area (Å²) in [5.41, 5.74) is 1.75. The van der Waals surface area contributed by atoms with Gasteiger partial charge in [0.2, 0.25) is 0 Å². The first-order valence-electron chi connectivity index (χ1n) is 11.4. The molecule has 186 valence electrons. The summed E-state index contributed by atoms with van der Waals surface area (Å²) in [6.45, 7) is 2.30. The minimum atomic E-state index is -0.254. The Bertz CT molecular complexity index is 1490. The van der Waals surface area contributed by atoms with E-state index in [1.165, 1.54) is 11.8 Å². The van der Waals surface area contributed by atoms with Crippen LogP contribution in [0.25, 0.3) is 10.9 Å². The molecule has 0 fully saturated rings. The third kappa shape index (κ3) is 5.91. The molecule has 0 atom stereocenters. The molecule has 4 aromatic rings. The van der Waals surface area contributed by atoms with Crippen LogP contribution in [-0.2, 0) is 13.0 Å². The molecular formula is C27H24BrCl2N3O3. The second-order valence-electron chi connectivity index (χ2n) is 8.06. The maximum atomic E-state index is 13.4. The molecule has 6 nitrogen and oxygen atoms in total. The van der Waals surface area contributed by atoms with Gasteiger partial charge in [0.05, 0.1) is 24.2 Å². The van der Waals surface area contributed by atoms with Gasteiger partial charge in [-0.25, -0.2) is 4.98 Å². The average Bonchev–Trinajstić information content (AvgIpc) is 2.87. The second kappa shape index (κ2) is 11.9. The monoisotopic (exact) mass is 587 g/mol. The summed E-state index contributed by atoms with van der Waals surface area (Å²) in [6, 6.07) is 16.2. The van der Waals surface area contributed by atoms with Crippen LogP contribution in [-0.4, -0.2) is 23.0 Å². The number of methoxy groups -OCH3 is 1. The Balaban J connectivity index is 1.78. The molecule has 0 unspecified atom stereocenters. The zero-order valence-electron chi connectivity index (χ0n) is 19.8. The number of ether oxygens (including phenoxy) is 2. The highest BCUT2D eigenvalue weighted by Gasteiger charge is 2.15. The van der Waals surface area contributed by atoms with Crippen molar-refractivity contribution in [2.24, 2.45) is 5.10 Å². The Kier molecular flexibility index (Phi) is 8.67. The first kappa shape index (κ1) is 26.2. The van der Waals surface area contributed by atoms with E-state index in [4.69, 9.17) is 37.7 Å². The molecule has 0 bridgehead atoms. The lowest BCUT2D eigenvalue weighted by Gasteiger charge is -2.15. The zero-order valence-corrected chi connectivity index (χ0v) is 22.9. The van der Waals surface area contributed by atoms with Crippen molar-refractivity contribution in [2.45, 2.75) is 32.8 Å². The lowest BCUT2D eigenvalue weighted by Crippen LogP contribution is -2.22. The standard InChI is InChI=1S/C27H24BrCl2N3O3/c1-3-4-9-25-32-23-11-10-19(28)13-21(23)27(34)33(25)31-15-18-12-20(29)14-24(35-2)26(18)36-16-17-7-5-6-8-22(17)30/h5-8,10-15H,3-4,9,16H2,1-2H3. The molecule has 1 heterocycles. The number of unbranched alkanes of at least 4 members (excludes halogenated alkanes) is 1. The summed E-state index contributed by atoms with van der Waals surface area (Å²) in [4.78, 5) is 18.1. The van der Waals surface area contributed by atoms with Crippen molar-refractivity contribution in [3.05, 3.63) is 96.4 Å². The first-order chi connectivity index (χ1) is 17.4. The molecule has 0 spiro atoms. The Morgan fingerprint density at radius 3 is 2.69 bits per heavy atom. The van der Waals surface area contributed by atoms with E-state index >= 15 is 0 Å². The fourth-order valence-electron chi connectivity index (χ4n) is 3.69. The molecule has 0 saturated carbocycles. The van der Waals surface area contributed by atoms with Gasteiger partial charge in [0.25, 0.3) is 5.56 Å². The SMILES string of the molecule is CCCCc1nc2ccc(Br)cc2c(=O)n1N=Cc1cc(Cl)cc(OC)c1OCc1ccccc1Cl. The number of hydrogen-bond donors (Lipinski definition) is 0. The largest absolute Gasteiger partial charge is 0.493 e. The Morgan fingerprint density at radius 1 is 1.14 bits per heavy atom. The number of rotatable bonds is 9. The highest BCUT2D eigenvalue weighted by Crippen LogP contribution is 2.35. The molecule has 0 N–H and O–H groups in total. The summed E-state index contributed by atoms with van der Waals surface area (Å²) in [5.74, 6) is 1.46. The van der Waals surface area contributed by atoms with E-state index in [1.54, 1.807) is 30.5 Å². The second-order valence-corrected chi connectivity index (χ2v) is 9.82. The Morgan fingerprint density at radius 2 is 1.94 bits per heavy atom. The molecule has 0 aliphatic carbocycles. The molecule has 4 rings (SSSR count). The van der Waals surface area contributed by atoms with Gasteiger partial charge < -0.3 is 9.47 Å². The number of hydrogen-bond acceptors (Lipinski definition) is 5. The number of fused-ring (bicyclic) bond motifs is 1. The highest BCUT2D eigenvalue weighted by molar-refractivity contribution is 9.10. The molecule has 3 aromatic carbocycles. The average molecular weight is 589 g/mol. The number of halogens is 3. The minimum absolute atomic E-state index is 0.214. The van der Waals surface area contributed by atoms with Gasteiger partial charge in [0.15, 0.2) is 11.5 Å². The summed E-state index contributed by atoms with van der Waals surface area (Å²) in [5, 5.41) is 6.05. The third-order valence-electron chi connectivity index (χ3n) is 5.54. The van der Waals surface area contributed by atoms with Crippen LogP contribution in [0.15, 0.2) is 69.0 Å². The van der Waals surface area contributed by atoms with E-state index < -0.39 is 0 Å². The van der Waals surface area contributed by atoms with E-state index in [2.05, 4.69) is 28.0 Å². The van der Waals surface area contributed by atoms with Crippen molar-refractivity contribution in [1.82, 2.24) is 9.66 Å². The van der Waals surface area contributed by atoms with Gasteiger partial charge in [-0.1, -0.05) is 70.7 Å². The normalized spacial score (nSPS) is 11.4. The predicted molar refractivity (Wildman–Crippen MR) is 149 cm³/mol. The number of aryl methyl sites for hydroxylation is 1. The van der Waals surface area contributed by atoms with Gasteiger partial charge in [-0.15, -0.1) is 0 Å². The molecule has 0 saturated heterocycles. The van der Waals surface area contributed by atoms with Crippen molar-refractivity contribution in [3.63, 3.8) is 0 Å². The van der Waals surface area contributed by atoms with Crippen LogP contribution in [0.5, 0.6) is 11.5 Å². The van der Waals surface area contributed by atoms with E-state index in [-0.39, 0.29) is 12.2 Å².